The number of nitrogens with zero attached hydrogens (tertiary/aromatic N) is 3. The summed E-state index contributed by atoms with van der Waals surface area (Å²) in [6, 6.07) is 5.97. The Morgan fingerprint density at radius 3 is 2.58 bits per heavy atom. The van der Waals surface area contributed by atoms with Crippen LogP contribution in [0.3, 0.4) is 0 Å². The minimum Gasteiger partial charge on any atom is -0.261 e. The van der Waals surface area contributed by atoms with Crippen LogP contribution in [0.4, 0.5) is 0 Å². The van der Waals surface area contributed by atoms with Crippen molar-refractivity contribution in [3.8, 4) is 0 Å². The maximum atomic E-state index is 6.03. The zero-order chi connectivity index (χ0) is 13.7. The summed E-state index contributed by atoms with van der Waals surface area (Å²) in [5.41, 5.74) is 3.19. The second-order valence-electron chi connectivity index (χ2n) is 4.54. The Morgan fingerprint density at radius 2 is 1.95 bits per heavy atom. The van der Waals surface area contributed by atoms with Crippen molar-refractivity contribution in [2.45, 2.75) is 39.5 Å². The van der Waals surface area contributed by atoms with Gasteiger partial charge < -0.3 is 0 Å². The van der Waals surface area contributed by atoms with E-state index < -0.39 is 0 Å². The molecule has 0 aliphatic rings. The van der Waals surface area contributed by atoms with Gasteiger partial charge in [0.25, 0.3) is 0 Å². The largest absolute Gasteiger partial charge is 0.261 e. The topological polar surface area (TPSA) is 38.7 Å². The van der Waals surface area contributed by atoms with E-state index in [1.165, 1.54) is 5.56 Å². The fraction of sp³-hybridized carbons (Fsp3) is 0.400. The minimum atomic E-state index is 0.513. The summed E-state index contributed by atoms with van der Waals surface area (Å²) in [7, 11) is 0. The predicted octanol–water partition coefficient (Wildman–Crippen LogP) is 3.63. The molecule has 2 heterocycles. The molecule has 2 aromatic rings. The molecule has 0 aromatic carbocycles. The van der Waals surface area contributed by atoms with Crippen LogP contribution in [0.5, 0.6) is 0 Å². The first-order valence-corrected chi connectivity index (χ1v) is 7.05. The van der Waals surface area contributed by atoms with Crippen LogP contribution in [0.15, 0.2) is 24.4 Å². The zero-order valence-corrected chi connectivity index (χ0v) is 12.1. The van der Waals surface area contributed by atoms with Gasteiger partial charge in [-0.2, -0.15) is 0 Å². The molecule has 0 saturated carbocycles. The first-order chi connectivity index (χ1) is 9.21. The third-order valence-electron chi connectivity index (χ3n) is 2.92. The standard InChI is InChI=1S/C15H18ClN3/c1-3-5-15-18-13(9-14(16)19-15)8-12-7-6-11(4-2)10-17-12/h6-7,9-10H,3-5,8H2,1-2H3. The van der Waals surface area contributed by atoms with Crippen molar-refractivity contribution >= 4 is 11.6 Å². The highest BCUT2D eigenvalue weighted by Gasteiger charge is 2.05. The van der Waals surface area contributed by atoms with E-state index in [2.05, 4.69) is 34.9 Å². The van der Waals surface area contributed by atoms with Gasteiger partial charge in [-0.25, -0.2) is 9.97 Å². The van der Waals surface area contributed by atoms with E-state index in [9.17, 15) is 0 Å². The Labute approximate surface area is 119 Å². The maximum Gasteiger partial charge on any atom is 0.133 e. The Bertz CT molecular complexity index is 538. The van der Waals surface area contributed by atoms with Crippen LogP contribution >= 0.6 is 11.6 Å². The molecule has 0 aliphatic heterocycles. The van der Waals surface area contributed by atoms with Gasteiger partial charge in [0, 0.05) is 24.7 Å². The number of hydrogen-bond donors (Lipinski definition) is 0. The lowest BCUT2D eigenvalue weighted by Gasteiger charge is -2.05. The third kappa shape index (κ3) is 4.00. The average molecular weight is 276 g/mol. The first kappa shape index (κ1) is 13.9. The van der Waals surface area contributed by atoms with Crippen molar-refractivity contribution < 1.29 is 0 Å². The summed E-state index contributed by atoms with van der Waals surface area (Å²) in [5.74, 6) is 0.815. The smallest absolute Gasteiger partial charge is 0.133 e. The molecular weight excluding hydrogens is 258 g/mol. The fourth-order valence-electron chi connectivity index (χ4n) is 1.90. The molecule has 0 N–H and O–H groups in total. The van der Waals surface area contributed by atoms with Crippen LogP contribution in [0.1, 0.15) is 43.0 Å². The highest BCUT2D eigenvalue weighted by molar-refractivity contribution is 6.29. The lowest BCUT2D eigenvalue weighted by molar-refractivity contribution is 0.814. The van der Waals surface area contributed by atoms with Crippen molar-refractivity contribution in [1.29, 1.82) is 0 Å². The van der Waals surface area contributed by atoms with E-state index in [4.69, 9.17) is 11.6 Å². The SMILES string of the molecule is CCCc1nc(Cl)cc(Cc2ccc(CC)cn2)n1. The summed E-state index contributed by atoms with van der Waals surface area (Å²) in [6.07, 6.45) is 5.50. The molecule has 0 unspecified atom stereocenters. The van der Waals surface area contributed by atoms with Gasteiger partial charge in [0.1, 0.15) is 11.0 Å². The fourth-order valence-corrected chi connectivity index (χ4v) is 2.12. The second kappa shape index (κ2) is 6.62. The highest BCUT2D eigenvalue weighted by Crippen LogP contribution is 2.12. The zero-order valence-electron chi connectivity index (χ0n) is 11.4. The number of halogens is 1. The molecule has 0 aliphatic carbocycles. The van der Waals surface area contributed by atoms with Crippen LogP contribution in [-0.2, 0) is 19.3 Å². The van der Waals surface area contributed by atoms with Gasteiger partial charge in [0.05, 0.1) is 5.69 Å². The first-order valence-electron chi connectivity index (χ1n) is 6.67. The minimum absolute atomic E-state index is 0.513. The number of aromatic nitrogens is 3. The summed E-state index contributed by atoms with van der Waals surface area (Å²) < 4.78 is 0. The Kier molecular flexibility index (Phi) is 4.86. The van der Waals surface area contributed by atoms with Crippen molar-refractivity contribution in [3.05, 3.63) is 52.3 Å². The second-order valence-corrected chi connectivity index (χ2v) is 4.92. The molecule has 100 valence electrons. The number of hydrogen-bond acceptors (Lipinski definition) is 3. The van der Waals surface area contributed by atoms with Crippen LogP contribution in [0, 0.1) is 0 Å². The van der Waals surface area contributed by atoms with E-state index in [1.54, 1.807) is 0 Å². The maximum absolute atomic E-state index is 6.03. The lowest BCUT2D eigenvalue weighted by Crippen LogP contribution is -2.02. The van der Waals surface area contributed by atoms with Crippen LogP contribution in [0.2, 0.25) is 5.15 Å². The number of pyridine rings is 1. The molecule has 2 rings (SSSR count). The molecule has 0 saturated heterocycles. The molecule has 2 aromatic heterocycles. The summed E-state index contributed by atoms with van der Waals surface area (Å²) >= 11 is 6.03. The third-order valence-corrected chi connectivity index (χ3v) is 3.12. The van der Waals surface area contributed by atoms with Crippen molar-refractivity contribution in [1.82, 2.24) is 15.0 Å². The van der Waals surface area contributed by atoms with Crippen molar-refractivity contribution in [3.63, 3.8) is 0 Å². The quantitative estimate of drug-likeness (QED) is 0.782. The molecule has 3 nitrogen and oxygen atoms in total. The molecule has 0 radical (unpaired) electrons. The van der Waals surface area contributed by atoms with Gasteiger partial charge in [0.15, 0.2) is 0 Å². The van der Waals surface area contributed by atoms with E-state index >= 15 is 0 Å². The summed E-state index contributed by atoms with van der Waals surface area (Å²) in [4.78, 5) is 13.2. The van der Waals surface area contributed by atoms with E-state index in [0.29, 0.717) is 11.6 Å². The average Bonchev–Trinajstić information content (AvgIpc) is 2.39. The Balaban J connectivity index is 2.17. The molecule has 0 atom stereocenters. The van der Waals surface area contributed by atoms with Gasteiger partial charge in [-0.05, 0) is 30.5 Å². The van der Waals surface area contributed by atoms with Crippen LogP contribution in [-0.4, -0.2) is 15.0 Å². The number of aryl methyl sites for hydroxylation is 2. The monoisotopic (exact) mass is 275 g/mol. The normalized spacial score (nSPS) is 10.7. The van der Waals surface area contributed by atoms with Gasteiger partial charge in [-0.3, -0.25) is 4.98 Å². The van der Waals surface area contributed by atoms with E-state index in [0.717, 1.165) is 36.5 Å². The highest BCUT2D eigenvalue weighted by atomic mass is 35.5. The Hall–Kier alpha value is -1.48. The van der Waals surface area contributed by atoms with Crippen molar-refractivity contribution in [2.24, 2.45) is 0 Å². The summed E-state index contributed by atoms with van der Waals surface area (Å²) in [6.45, 7) is 4.23. The summed E-state index contributed by atoms with van der Waals surface area (Å²) in [5, 5.41) is 0.513. The predicted molar refractivity (Wildman–Crippen MR) is 77.5 cm³/mol. The van der Waals surface area contributed by atoms with Gasteiger partial charge in [-0.15, -0.1) is 0 Å². The molecule has 19 heavy (non-hydrogen) atoms. The molecule has 0 spiro atoms. The van der Waals surface area contributed by atoms with Crippen LogP contribution in [0.25, 0.3) is 0 Å². The molecule has 0 bridgehead atoms. The molecule has 4 heteroatoms. The van der Waals surface area contributed by atoms with Gasteiger partial charge in [0.2, 0.25) is 0 Å². The number of rotatable bonds is 5. The molecular formula is C15H18ClN3. The lowest BCUT2D eigenvalue weighted by atomic mass is 10.1. The van der Waals surface area contributed by atoms with Crippen LogP contribution < -0.4 is 0 Å². The Morgan fingerprint density at radius 1 is 1.11 bits per heavy atom. The van der Waals surface area contributed by atoms with Gasteiger partial charge in [-0.1, -0.05) is 31.5 Å². The van der Waals surface area contributed by atoms with E-state index in [1.807, 2.05) is 18.3 Å². The van der Waals surface area contributed by atoms with Gasteiger partial charge >= 0.3 is 0 Å². The van der Waals surface area contributed by atoms with E-state index in [-0.39, 0.29) is 0 Å². The molecule has 0 fully saturated rings. The molecule has 0 amide bonds. The van der Waals surface area contributed by atoms with Crippen molar-refractivity contribution in [2.75, 3.05) is 0 Å².